The van der Waals surface area contributed by atoms with Crippen molar-refractivity contribution in [3.63, 3.8) is 0 Å². The highest BCUT2D eigenvalue weighted by molar-refractivity contribution is 5.92. The van der Waals surface area contributed by atoms with Crippen molar-refractivity contribution in [1.29, 1.82) is 0 Å². The number of alkyl halides is 2. The summed E-state index contributed by atoms with van der Waals surface area (Å²) in [7, 11) is 0. The molecule has 1 aromatic heterocycles. The van der Waals surface area contributed by atoms with E-state index in [4.69, 9.17) is 0 Å². The summed E-state index contributed by atoms with van der Waals surface area (Å²) < 4.78 is 30.4. The molecule has 0 aliphatic heterocycles. The van der Waals surface area contributed by atoms with Crippen LogP contribution in [-0.4, -0.2) is 46.6 Å². The Bertz CT molecular complexity index is 907. The van der Waals surface area contributed by atoms with E-state index in [9.17, 15) is 23.2 Å². The number of aromatic nitrogens is 2. The van der Waals surface area contributed by atoms with Crippen LogP contribution in [-0.2, 0) is 13.1 Å². The molecule has 158 valence electrons. The van der Waals surface area contributed by atoms with E-state index in [0.717, 1.165) is 23.7 Å². The minimum atomic E-state index is -2.99. The highest BCUT2D eigenvalue weighted by atomic mass is 19.3. The summed E-state index contributed by atoms with van der Waals surface area (Å²) in [6.07, 6.45) is 0. The molecule has 0 unspecified atom stereocenters. The van der Waals surface area contributed by atoms with Gasteiger partial charge in [-0.15, -0.1) is 0 Å². The molecule has 0 bridgehead atoms. The number of halogens is 2. The Kier molecular flexibility index (Phi) is 8.08. The third kappa shape index (κ3) is 6.24. The molecular formula is C19H24F2N4O4. The zero-order chi connectivity index (χ0) is 21.4. The van der Waals surface area contributed by atoms with Gasteiger partial charge in [-0.1, -0.05) is 32.0 Å². The lowest BCUT2D eigenvalue weighted by atomic mass is 10.2. The number of para-hydroxylation sites is 1. The topological polar surface area (TPSA) is 96.4 Å². The van der Waals surface area contributed by atoms with Gasteiger partial charge in [-0.2, -0.15) is 8.78 Å². The fraction of sp³-hybridized carbons (Fsp3) is 0.421. The van der Waals surface area contributed by atoms with Crippen LogP contribution in [0, 0.1) is 0 Å². The predicted molar refractivity (Wildman–Crippen MR) is 103 cm³/mol. The van der Waals surface area contributed by atoms with Crippen LogP contribution in [0.15, 0.2) is 39.9 Å². The predicted octanol–water partition coefficient (Wildman–Crippen LogP) is 1.41. The van der Waals surface area contributed by atoms with Gasteiger partial charge in [-0.3, -0.25) is 14.2 Å². The highest BCUT2D eigenvalue weighted by Crippen LogP contribution is 2.19. The van der Waals surface area contributed by atoms with E-state index >= 15 is 0 Å². The quantitative estimate of drug-likeness (QED) is 0.618. The number of likely N-dealkylation sites (N-methyl/N-ethyl adjacent to an activating group) is 1. The fourth-order valence-corrected chi connectivity index (χ4v) is 2.77. The fourth-order valence-electron chi connectivity index (χ4n) is 2.77. The van der Waals surface area contributed by atoms with E-state index in [1.165, 1.54) is 18.2 Å². The van der Waals surface area contributed by atoms with Gasteiger partial charge in [0.15, 0.2) is 0 Å². The average Bonchev–Trinajstić information content (AvgIpc) is 2.68. The van der Waals surface area contributed by atoms with Crippen molar-refractivity contribution in [2.45, 2.75) is 33.5 Å². The second kappa shape index (κ2) is 10.5. The number of rotatable bonds is 10. The number of aromatic amines is 1. The van der Waals surface area contributed by atoms with E-state index < -0.39 is 23.8 Å². The standard InChI is InChI=1S/C19H24F2N4O4/c1-3-24(4-2)9-10-25-16(26)11-14(23-19(25)28)17(27)22-12-13-7-5-6-8-15(13)29-18(20)21/h5-8,11,18H,3-4,9-10,12H2,1-2H3,(H,22,27)(H,23,28). The maximum absolute atomic E-state index is 12.5. The molecule has 0 radical (unpaired) electrons. The Morgan fingerprint density at radius 1 is 1.24 bits per heavy atom. The van der Waals surface area contributed by atoms with Crippen LogP contribution in [0.4, 0.5) is 8.78 Å². The first-order valence-electron chi connectivity index (χ1n) is 9.23. The van der Waals surface area contributed by atoms with E-state index in [2.05, 4.69) is 19.9 Å². The van der Waals surface area contributed by atoms with Crippen LogP contribution >= 0.6 is 0 Å². The summed E-state index contributed by atoms with van der Waals surface area (Å²) in [5.41, 5.74) is -1.15. The maximum Gasteiger partial charge on any atom is 0.387 e. The minimum Gasteiger partial charge on any atom is -0.434 e. The number of H-pyrrole nitrogens is 1. The molecular weight excluding hydrogens is 386 g/mol. The molecule has 1 heterocycles. The SMILES string of the molecule is CCN(CC)CCn1c(=O)cc(C(=O)NCc2ccccc2OC(F)F)[nH]c1=O. The van der Waals surface area contributed by atoms with E-state index in [1.54, 1.807) is 6.07 Å². The third-order valence-electron chi connectivity index (χ3n) is 4.43. The molecule has 10 heteroatoms. The number of carbonyl (C=O) groups excluding carboxylic acids is 1. The molecule has 0 atom stereocenters. The van der Waals surface area contributed by atoms with E-state index in [1.807, 2.05) is 13.8 Å². The van der Waals surface area contributed by atoms with Gasteiger partial charge in [0.2, 0.25) is 0 Å². The van der Waals surface area contributed by atoms with E-state index in [0.29, 0.717) is 12.1 Å². The second-order valence-electron chi connectivity index (χ2n) is 6.17. The van der Waals surface area contributed by atoms with Crippen molar-refractivity contribution in [2.24, 2.45) is 0 Å². The second-order valence-corrected chi connectivity index (χ2v) is 6.17. The Hall–Kier alpha value is -3.01. The van der Waals surface area contributed by atoms with Gasteiger partial charge in [-0.05, 0) is 19.2 Å². The molecule has 2 rings (SSSR count). The number of carbonyl (C=O) groups is 1. The highest BCUT2D eigenvalue weighted by Gasteiger charge is 2.14. The van der Waals surface area contributed by atoms with Crippen molar-refractivity contribution in [3.8, 4) is 5.75 Å². The van der Waals surface area contributed by atoms with Crippen LogP contribution < -0.4 is 21.3 Å². The Morgan fingerprint density at radius 2 is 1.93 bits per heavy atom. The lowest BCUT2D eigenvalue weighted by molar-refractivity contribution is -0.0504. The number of benzene rings is 1. The van der Waals surface area contributed by atoms with Gasteiger partial charge in [0.25, 0.3) is 11.5 Å². The van der Waals surface area contributed by atoms with Gasteiger partial charge in [0, 0.05) is 31.3 Å². The maximum atomic E-state index is 12.5. The molecule has 8 nitrogen and oxygen atoms in total. The largest absolute Gasteiger partial charge is 0.434 e. The molecule has 2 aromatic rings. The number of ether oxygens (including phenoxy) is 1. The first-order valence-corrected chi connectivity index (χ1v) is 9.23. The monoisotopic (exact) mass is 410 g/mol. The number of hydrogen-bond acceptors (Lipinski definition) is 5. The third-order valence-corrected chi connectivity index (χ3v) is 4.43. The molecule has 0 spiro atoms. The van der Waals surface area contributed by atoms with E-state index in [-0.39, 0.29) is 24.5 Å². The zero-order valence-electron chi connectivity index (χ0n) is 16.3. The van der Waals surface area contributed by atoms with Crippen LogP contribution in [0.2, 0.25) is 0 Å². The molecule has 29 heavy (non-hydrogen) atoms. The first kappa shape index (κ1) is 22.3. The number of nitrogens with zero attached hydrogens (tertiary/aromatic N) is 2. The summed E-state index contributed by atoms with van der Waals surface area (Å²) in [4.78, 5) is 41.2. The van der Waals surface area contributed by atoms with Crippen molar-refractivity contribution in [3.05, 3.63) is 62.4 Å². The summed E-state index contributed by atoms with van der Waals surface area (Å²) in [5.74, 6) is -0.773. The summed E-state index contributed by atoms with van der Waals surface area (Å²) >= 11 is 0. The summed E-state index contributed by atoms with van der Waals surface area (Å²) in [6.45, 7) is 3.17. The normalized spacial score (nSPS) is 11.1. The van der Waals surface area contributed by atoms with Gasteiger partial charge >= 0.3 is 12.3 Å². The van der Waals surface area contributed by atoms with Gasteiger partial charge in [0.05, 0.1) is 0 Å². The lowest BCUT2D eigenvalue weighted by Gasteiger charge is -2.18. The van der Waals surface area contributed by atoms with Crippen molar-refractivity contribution < 1.29 is 18.3 Å². The Labute approximate surface area is 166 Å². The van der Waals surface area contributed by atoms with Crippen molar-refractivity contribution in [1.82, 2.24) is 19.8 Å². The van der Waals surface area contributed by atoms with Crippen LogP contribution in [0.25, 0.3) is 0 Å². The smallest absolute Gasteiger partial charge is 0.387 e. The summed E-state index contributed by atoms with van der Waals surface area (Å²) in [6, 6.07) is 7.05. The molecule has 0 aliphatic rings. The lowest BCUT2D eigenvalue weighted by Crippen LogP contribution is -2.41. The Morgan fingerprint density at radius 3 is 2.55 bits per heavy atom. The first-order chi connectivity index (χ1) is 13.8. The van der Waals surface area contributed by atoms with Crippen molar-refractivity contribution in [2.75, 3.05) is 19.6 Å². The van der Waals surface area contributed by atoms with Gasteiger partial charge < -0.3 is 19.9 Å². The van der Waals surface area contributed by atoms with Gasteiger partial charge in [0.1, 0.15) is 11.4 Å². The molecule has 1 aromatic carbocycles. The molecule has 2 N–H and O–H groups in total. The van der Waals surface area contributed by atoms with Gasteiger partial charge in [-0.25, -0.2) is 4.79 Å². The number of nitrogens with one attached hydrogen (secondary N) is 2. The molecule has 1 amide bonds. The zero-order valence-corrected chi connectivity index (χ0v) is 16.3. The summed E-state index contributed by atoms with van der Waals surface area (Å²) in [5, 5.41) is 2.48. The Balaban J connectivity index is 2.09. The number of amides is 1. The van der Waals surface area contributed by atoms with Crippen molar-refractivity contribution >= 4 is 5.91 Å². The molecule has 0 fully saturated rings. The minimum absolute atomic E-state index is 0.0666. The van der Waals surface area contributed by atoms with Crippen LogP contribution in [0.5, 0.6) is 5.75 Å². The molecule has 0 aliphatic carbocycles. The molecule has 0 saturated carbocycles. The number of hydrogen-bond donors (Lipinski definition) is 2. The van der Waals surface area contributed by atoms with Crippen LogP contribution in [0.3, 0.4) is 0 Å². The average molecular weight is 410 g/mol. The molecule has 0 saturated heterocycles. The van der Waals surface area contributed by atoms with Crippen LogP contribution in [0.1, 0.15) is 29.9 Å².